The minimum Gasteiger partial charge on any atom is -0.348 e. The molecule has 2 aromatic rings. The van der Waals surface area contributed by atoms with Gasteiger partial charge in [0.2, 0.25) is 5.91 Å². The molecule has 132 valence electrons. The van der Waals surface area contributed by atoms with Crippen LogP contribution in [0.2, 0.25) is 10.0 Å². The molecule has 0 saturated carbocycles. The zero-order chi connectivity index (χ0) is 17.1. The highest BCUT2D eigenvalue weighted by Crippen LogP contribution is 2.32. The molecule has 2 unspecified atom stereocenters. The first-order valence-corrected chi connectivity index (χ1v) is 7.70. The molecule has 2 N–H and O–H groups in total. The van der Waals surface area contributed by atoms with Crippen molar-refractivity contribution >= 4 is 41.5 Å². The van der Waals surface area contributed by atoms with Gasteiger partial charge in [-0.25, -0.2) is 4.39 Å². The molecule has 0 aliphatic heterocycles. The van der Waals surface area contributed by atoms with Gasteiger partial charge < -0.3 is 10.6 Å². The zero-order valence-corrected chi connectivity index (χ0v) is 15.6. The van der Waals surface area contributed by atoms with Crippen LogP contribution in [0, 0.1) is 5.82 Å². The molecule has 9 heteroatoms. The van der Waals surface area contributed by atoms with Gasteiger partial charge in [0.05, 0.1) is 17.3 Å². The SMILES string of the molecule is CNC(C(=O)NC(C)c1c(Cl)ccc(F)c1Cl)c1cnn(C)c1.Cl. The van der Waals surface area contributed by atoms with Gasteiger partial charge in [0.1, 0.15) is 11.9 Å². The summed E-state index contributed by atoms with van der Waals surface area (Å²) in [5, 5.41) is 9.97. The Morgan fingerprint density at radius 1 is 1.38 bits per heavy atom. The maximum Gasteiger partial charge on any atom is 0.242 e. The van der Waals surface area contributed by atoms with E-state index in [4.69, 9.17) is 23.2 Å². The second-order valence-electron chi connectivity index (χ2n) is 5.16. The largest absolute Gasteiger partial charge is 0.348 e. The van der Waals surface area contributed by atoms with E-state index in [1.165, 1.54) is 12.1 Å². The first kappa shape index (κ1) is 20.7. The van der Waals surface area contributed by atoms with E-state index in [0.717, 1.165) is 5.56 Å². The van der Waals surface area contributed by atoms with Crippen molar-refractivity contribution < 1.29 is 9.18 Å². The van der Waals surface area contributed by atoms with Gasteiger partial charge in [-0.15, -0.1) is 12.4 Å². The Balaban J connectivity index is 0.00000288. The number of nitrogens with one attached hydrogen (secondary N) is 2. The number of nitrogens with zero attached hydrogens (tertiary/aromatic N) is 2. The third-order valence-corrected chi connectivity index (χ3v) is 4.19. The monoisotopic (exact) mass is 394 g/mol. The van der Waals surface area contributed by atoms with Crippen molar-refractivity contribution in [1.29, 1.82) is 0 Å². The average Bonchev–Trinajstić information content (AvgIpc) is 2.90. The van der Waals surface area contributed by atoms with E-state index < -0.39 is 17.9 Å². The van der Waals surface area contributed by atoms with E-state index in [1.54, 1.807) is 38.1 Å². The lowest BCUT2D eigenvalue weighted by atomic mass is 10.1. The van der Waals surface area contributed by atoms with E-state index in [2.05, 4.69) is 15.7 Å². The number of halogens is 4. The fourth-order valence-electron chi connectivity index (χ4n) is 2.35. The van der Waals surface area contributed by atoms with Crippen LogP contribution in [-0.2, 0) is 11.8 Å². The summed E-state index contributed by atoms with van der Waals surface area (Å²) in [5.74, 6) is -0.867. The van der Waals surface area contributed by atoms with Crippen LogP contribution in [0.1, 0.15) is 30.1 Å². The van der Waals surface area contributed by atoms with Gasteiger partial charge in [-0.05, 0) is 26.1 Å². The number of hydrogen-bond acceptors (Lipinski definition) is 3. The molecular formula is C15H18Cl3FN4O. The van der Waals surface area contributed by atoms with Crippen LogP contribution in [-0.4, -0.2) is 22.7 Å². The summed E-state index contributed by atoms with van der Waals surface area (Å²) in [7, 11) is 3.44. The number of amides is 1. The summed E-state index contributed by atoms with van der Waals surface area (Å²) < 4.78 is 15.2. The molecule has 0 aliphatic rings. The van der Waals surface area contributed by atoms with E-state index in [-0.39, 0.29) is 23.3 Å². The predicted octanol–water partition coefficient (Wildman–Crippen LogP) is 3.43. The van der Waals surface area contributed by atoms with Crippen molar-refractivity contribution in [2.75, 3.05) is 7.05 Å². The van der Waals surface area contributed by atoms with Crippen molar-refractivity contribution in [2.24, 2.45) is 7.05 Å². The highest BCUT2D eigenvalue weighted by Gasteiger charge is 2.24. The Kier molecular flexibility index (Phi) is 7.48. The molecule has 0 fully saturated rings. The van der Waals surface area contributed by atoms with Crippen LogP contribution >= 0.6 is 35.6 Å². The lowest BCUT2D eigenvalue weighted by Crippen LogP contribution is -2.37. The third kappa shape index (κ3) is 4.39. The van der Waals surface area contributed by atoms with E-state index >= 15 is 0 Å². The van der Waals surface area contributed by atoms with Crippen LogP contribution in [0.25, 0.3) is 0 Å². The van der Waals surface area contributed by atoms with Gasteiger partial charge in [0.15, 0.2) is 0 Å². The average molecular weight is 396 g/mol. The van der Waals surface area contributed by atoms with Crippen LogP contribution < -0.4 is 10.6 Å². The van der Waals surface area contributed by atoms with Crippen LogP contribution in [0.4, 0.5) is 4.39 Å². The topological polar surface area (TPSA) is 59.0 Å². The molecular weight excluding hydrogens is 378 g/mol. The highest BCUT2D eigenvalue weighted by molar-refractivity contribution is 6.36. The number of aryl methyl sites for hydroxylation is 1. The molecule has 2 rings (SSSR count). The first-order chi connectivity index (χ1) is 10.8. The van der Waals surface area contributed by atoms with Gasteiger partial charge in [-0.2, -0.15) is 5.10 Å². The van der Waals surface area contributed by atoms with Gasteiger partial charge in [0.25, 0.3) is 0 Å². The number of benzene rings is 1. The van der Waals surface area contributed by atoms with Crippen LogP contribution in [0.5, 0.6) is 0 Å². The smallest absolute Gasteiger partial charge is 0.242 e. The predicted molar refractivity (Wildman–Crippen MR) is 95.2 cm³/mol. The lowest BCUT2D eigenvalue weighted by Gasteiger charge is -2.21. The molecule has 0 bridgehead atoms. The van der Waals surface area contributed by atoms with Crippen LogP contribution in [0.15, 0.2) is 24.5 Å². The molecule has 1 aromatic heterocycles. The Morgan fingerprint density at radius 2 is 2.04 bits per heavy atom. The molecule has 0 aliphatic carbocycles. The molecule has 1 amide bonds. The molecule has 1 heterocycles. The molecule has 1 aromatic carbocycles. The van der Waals surface area contributed by atoms with Crippen molar-refractivity contribution in [1.82, 2.24) is 20.4 Å². The second-order valence-corrected chi connectivity index (χ2v) is 5.94. The second kappa shape index (κ2) is 8.67. The first-order valence-electron chi connectivity index (χ1n) is 6.94. The van der Waals surface area contributed by atoms with Crippen molar-refractivity contribution in [3.05, 3.63) is 51.5 Å². The number of carbonyl (C=O) groups excluding carboxylic acids is 1. The number of likely N-dealkylation sites (N-methyl/N-ethyl adjacent to an activating group) is 1. The number of hydrogen-bond donors (Lipinski definition) is 2. The fourth-order valence-corrected chi connectivity index (χ4v) is 3.04. The van der Waals surface area contributed by atoms with E-state index in [1.807, 2.05) is 0 Å². The van der Waals surface area contributed by atoms with Gasteiger partial charge in [-0.1, -0.05) is 23.2 Å². The summed E-state index contributed by atoms with van der Waals surface area (Å²) in [6, 6.07) is 1.47. The summed E-state index contributed by atoms with van der Waals surface area (Å²) in [4.78, 5) is 12.5. The number of carbonyl (C=O) groups is 1. The quantitative estimate of drug-likeness (QED) is 0.763. The molecule has 0 saturated heterocycles. The van der Waals surface area contributed by atoms with Gasteiger partial charge >= 0.3 is 0 Å². The zero-order valence-electron chi connectivity index (χ0n) is 13.3. The van der Waals surface area contributed by atoms with Gasteiger partial charge in [0, 0.05) is 29.4 Å². The lowest BCUT2D eigenvalue weighted by molar-refractivity contribution is -0.123. The maximum atomic E-state index is 13.6. The summed E-state index contributed by atoms with van der Waals surface area (Å²) in [5.41, 5.74) is 1.07. The molecule has 0 spiro atoms. The third-order valence-electron chi connectivity index (χ3n) is 3.48. The fraction of sp³-hybridized carbons (Fsp3) is 0.333. The van der Waals surface area contributed by atoms with Crippen molar-refractivity contribution in [3.63, 3.8) is 0 Å². The number of rotatable bonds is 5. The Bertz CT molecular complexity index is 723. The minimum atomic E-state index is -0.586. The summed E-state index contributed by atoms with van der Waals surface area (Å²) in [6.07, 6.45) is 3.35. The Labute approximate surface area is 155 Å². The Morgan fingerprint density at radius 3 is 2.58 bits per heavy atom. The maximum absolute atomic E-state index is 13.6. The van der Waals surface area contributed by atoms with Gasteiger partial charge in [-0.3, -0.25) is 9.48 Å². The van der Waals surface area contributed by atoms with E-state index in [9.17, 15) is 9.18 Å². The molecule has 0 radical (unpaired) electrons. The summed E-state index contributed by atoms with van der Waals surface area (Å²) >= 11 is 12.1. The molecule has 5 nitrogen and oxygen atoms in total. The molecule has 2 atom stereocenters. The van der Waals surface area contributed by atoms with E-state index in [0.29, 0.717) is 10.6 Å². The standard InChI is InChI=1S/C15H17Cl2FN4O.ClH/c1-8(12-10(16)4-5-11(18)13(12)17)21-15(23)14(19-2)9-6-20-22(3)7-9;/h4-8,14,19H,1-3H3,(H,21,23);1H. The number of aromatic nitrogens is 2. The van der Waals surface area contributed by atoms with Crippen LogP contribution in [0.3, 0.4) is 0 Å². The minimum absolute atomic E-state index is 0. The Hall–Kier alpha value is -1.34. The normalized spacial score (nSPS) is 13.1. The summed E-state index contributed by atoms with van der Waals surface area (Å²) in [6.45, 7) is 1.69. The molecule has 24 heavy (non-hydrogen) atoms. The van der Waals surface area contributed by atoms with Crippen molar-refractivity contribution in [3.8, 4) is 0 Å². The highest BCUT2D eigenvalue weighted by atomic mass is 35.5. The van der Waals surface area contributed by atoms with Crippen molar-refractivity contribution in [2.45, 2.75) is 19.0 Å².